The Morgan fingerprint density at radius 1 is 0.472 bits per heavy atom. The van der Waals surface area contributed by atoms with Crippen LogP contribution in [0.2, 0.25) is 0 Å². The normalized spacial score (nSPS) is 10.9. The zero-order valence-corrected chi connectivity index (χ0v) is 22.1. The van der Waals surface area contributed by atoms with Gasteiger partial charge in [0.2, 0.25) is 0 Å². The number of hydrogen-bond acceptors (Lipinski definition) is 6. The Hall–Kier alpha value is -3.02. The molecule has 0 radical (unpaired) electrons. The molecule has 0 aliphatic heterocycles. The molecule has 0 aliphatic carbocycles. The summed E-state index contributed by atoms with van der Waals surface area (Å²) in [7, 11) is 0. The van der Waals surface area contributed by atoms with Crippen molar-refractivity contribution in [2.75, 3.05) is 13.2 Å². The molecule has 0 aromatic carbocycles. The van der Waals surface area contributed by atoms with Crippen LogP contribution >= 0.6 is 0 Å². The molecule has 194 valence electrons. The van der Waals surface area contributed by atoms with Crippen molar-refractivity contribution in [2.24, 2.45) is 0 Å². The molecule has 0 atom stereocenters. The highest BCUT2D eigenvalue weighted by Crippen LogP contribution is 2.21. The molecule has 36 heavy (non-hydrogen) atoms. The summed E-state index contributed by atoms with van der Waals surface area (Å²) in [6.07, 6.45) is 18.5. The maximum absolute atomic E-state index is 5.82. The monoisotopic (exact) mass is 490 g/mol. The van der Waals surface area contributed by atoms with E-state index in [1.807, 2.05) is 36.4 Å². The van der Waals surface area contributed by atoms with Gasteiger partial charge in [-0.3, -0.25) is 9.97 Å². The highest BCUT2D eigenvalue weighted by Gasteiger charge is 2.07. The maximum Gasteiger partial charge on any atom is 0.137 e. The molecule has 0 unspecified atom stereocenters. The van der Waals surface area contributed by atoms with Gasteiger partial charge in [-0.2, -0.15) is 0 Å². The van der Waals surface area contributed by atoms with Gasteiger partial charge in [0, 0.05) is 0 Å². The first kappa shape index (κ1) is 27.6. The Balaban J connectivity index is 1.41. The second-order valence-electron chi connectivity index (χ2n) is 9.29. The Kier molecular flexibility index (Phi) is 12.7. The minimum Gasteiger partial charge on any atom is -0.492 e. The van der Waals surface area contributed by atoms with Gasteiger partial charge in [0.1, 0.15) is 22.9 Å². The van der Waals surface area contributed by atoms with Crippen LogP contribution in [-0.2, 0) is 0 Å². The molecule has 6 nitrogen and oxygen atoms in total. The molecule has 0 aliphatic rings. The molecular formula is C30H42N4O2. The molecule has 3 rings (SSSR count). The van der Waals surface area contributed by atoms with E-state index in [2.05, 4.69) is 34.0 Å². The van der Waals surface area contributed by atoms with Gasteiger partial charge in [0.05, 0.1) is 37.0 Å². The van der Waals surface area contributed by atoms with E-state index in [0.717, 1.165) is 60.3 Å². The molecule has 0 saturated heterocycles. The summed E-state index contributed by atoms with van der Waals surface area (Å²) in [4.78, 5) is 9.00. The summed E-state index contributed by atoms with van der Waals surface area (Å²) in [5, 5.41) is 8.71. The van der Waals surface area contributed by atoms with E-state index in [-0.39, 0.29) is 0 Å². The molecule has 0 amide bonds. The van der Waals surface area contributed by atoms with Crippen molar-refractivity contribution in [1.82, 2.24) is 20.2 Å². The molecule has 3 heterocycles. The van der Waals surface area contributed by atoms with Crippen molar-refractivity contribution in [1.29, 1.82) is 0 Å². The fourth-order valence-electron chi connectivity index (χ4n) is 3.98. The number of nitrogens with zero attached hydrogens (tertiary/aromatic N) is 4. The molecule has 0 bridgehead atoms. The molecule has 0 spiro atoms. The van der Waals surface area contributed by atoms with Crippen LogP contribution in [0.25, 0.3) is 22.8 Å². The van der Waals surface area contributed by atoms with Crippen LogP contribution in [0, 0.1) is 0 Å². The summed E-state index contributed by atoms with van der Waals surface area (Å²) in [6.45, 7) is 5.95. The van der Waals surface area contributed by atoms with E-state index in [1.165, 1.54) is 64.2 Å². The van der Waals surface area contributed by atoms with Crippen molar-refractivity contribution in [3.63, 3.8) is 0 Å². The number of unbranched alkanes of at least 4 members (excludes halogenated alkanes) is 10. The van der Waals surface area contributed by atoms with Crippen LogP contribution in [0.3, 0.4) is 0 Å². The third-order valence-electron chi connectivity index (χ3n) is 6.20. The molecule has 0 saturated carbocycles. The lowest BCUT2D eigenvalue weighted by Crippen LogP contribution is -1.99. The van der Waals surface area contributed by atoms with E-state index >= 15 is 0 Å². The van der Waals surface area contributed by atoms with E-state index in [1.54, 1.807) is 12.4 Å². The number of pyridine rings is 2. The second kappa shape index (κ2) is 16.6. The smallest absolute Gasteiger partial charge is 0.137 e. The quantitative estimate of drug-likeness (QED) is 0.168. The number of hydrogen-bond donors (Lipinski definition) is 0. The summed E-state index contributed by atoms with van der Waals surface area (Å²) in [5.74, 6) is 1.58. The zero-order chi connectivity index (χ0) is 25.3. The molecule has 6 heteroatoms. The fraction of sp³-hybridized carbons (Fsp3) is 0.533. The topological polar surface area (TPSA) is 70.0 Å². The van der Waals surface area contributed by atoms with Gasteiger partial charge in [0.25, 0.3) is 0 Å². The Morgan fingerprint density at radius 3 is 1.22 bits per heavy atom. The largest absolute Gasteiger partial charge is 0.492 e. The van der Waals surface area contributed by atoms with Gasteiger partial charge in [-0.05, 0) is 49.2 Å². The molecular weight excluding hydrogens is 448 g/mol. The van der Waals surface area contributed by atoms with Gasteiger partial charge >= 0.3 is 0 Å². The van der Waals surface area contributed by atoms with Crippen molar-refractivity contribution < 1.29 is 9.47 Å². The lowest BCUT2D eigenvalue weighted by Gasteiger charge is -2.07. The van der Waals surface area contributed by atoms with Crippen molar-refractivity contribution in [3.05, 3.63) is 48.8 Å². The van der Waals surface area contributed by atoms with E-state index in [4.69, 9.17) is 9.47 Å². The number of aromatic nitrogens is 4. The van der Waals surface area contributed by atoms with Gasteiger partial charge < -0.3 is 9.47 Å². The average molecular weight is 491 g/mol. The molecule has 0 N–H and O–H groups in total. The minimum atomic E-state index is 0.722. The first-order valence-corrected chi connectivity index (χ1v) is 13.8. The van der Waals surface area contributed by atoms with Gasteiger partial charge in [-0.1, -0.05) is 78.1 Å². The summed E-state index contributed by atoms with van der Waals surface area (Å²) >= 11 is 0. The zero-order valence-electron chi connectivity index (χ0n) is 22.1. The van der Waals surface area contributed by atoms with E-state index in [9.17, 15) is 0 Å². The first-order valence-electron chi connectivity index (χ1n) is 13.8. The molecule has 3 aromatic heterocycles. The van der Waals surface area contributed by atoms with E-state index < -0.39 is 0 Å². The Morgan fingerprint density at radius 2 is 0.861 bits per heavy atom. The van der Waals surface area contributed by atoms with Crippen molar-refractivity contribution in [2.45, 2.75) is 90.9 Å². The predicted molar refractivity (Wildman–Crippen MR) is 146 cm³/mol. The molecule has 0 fully saturated rings. The number of rotatable bonds is 18. The van der Waals surface area contributed by atoms with Gasteiger partial charge in [-0.25, -0.2) is 0 Å². The Bertz CT molecular complexity index is 879. The third-order valence-corrected chi connectivity index (χ3v) is 6.20. The number of ether oxygens (including phenoxy) is 2. The Labute approximate surface area is 216 Å². The lowest BCUT2D eigenvalue weighted by atomic mass is 10.1. The second-order valence-corrected chi connectivity index (χ2v) is 9.29. The lowest BCUT2D eigenvalue weighted by molar-refractivity contribution is 0.303. The van der Waals surface area contributed by atoms with Crippen LogP contribution in [0.4, 0.5) is 0 Å². The summed E-state index contributed by atoms with van der Waals surface area (Å²) < 4.78 is 11.6. The van der Waals surface area contributed by atoms with Crippen LogP contribution in [0.5, 0.6) is 11.5 Å². The van der Waals surface area contributed by atoms with Crippen molar-refractivity contribution in [3.8, 4) is 34.3 Å². The minimum absolute atomic E-state index is 0.722. The van der Waals surface area contributed by atoms with Gasteiger partial charge in [0.15, 0.2) is 0 Å². The maximum atomic E-state index is 5.82. The molecule has 3 aromatic rings. The summed E-state index contributed by atoms with van der Waals surface area (Å²) in [6, 6.07) is 11.6. The van der Waals surface area contributed by atoms with Crippen LogP contribution in [0.1, 0.15) is 90.9 Å². The van der Waals surface area contributed by atoms with Crippen LogP contribution in [0.15, 0.2) is 48.8 Å². The van der Waals surface area contributed by atoms with E-state index in [0.29, 0.717) is 0 Å². The third kappa shape index (κ3) is 9.92. The predicted octanol–water partition coefficient (Wildman–Crippen LogP) is 8.08. The average Bonchev–Trinajstić information content (AvgIpc) is 2.93. The highest BCUT2D eigenvalue weighted by molar-refractivity contribution is 5.59. The standard InChI is InChI=1S/C30H42N4O2/c1-3-5-7-9-11-13-21-35-25-15-17-27(31-23-25)29-19-20-30(34-33-29)28-18-16-26(24-32-28)36-22-14-12-10-8-6-4-2/h15-20,23-24H,3-14,21-22H2,1-2H3. The fourth-order valence-corrected chi connectivity index (χ4v) is 3.98. The summed E-state index contributed by atoms with van der Waals surface area (Å²) in [5.41, 5.74) is 2.99. The van der Waals surface area contributed by atoms with Crippen molar-refractivity contribution >= 4 is 0 Å². The van der Waals surface area contributed by atoms with Crippen LogP contribution in [-0.4, -0.2) is 33.4 Å². The van der Waals surface area contributed by atoms with Crippen LogP contribution < -0.4 is 9.47 Å². The van der Waals surface area contributed by atoms with Gasteiger partial charge in [-0.15, -0.1) is 10.2 Å². The SMILES string of the molecule is CCCCCCCCOc1ccc(-c2ccc(-c3ccc(OCCCCCCCC)cn3)nn2)nc1. The highest BCUT2D eigenvalue weighted by atomic mass is 16.5. The first-order chi connectivity index (χ1) is 17.8.